The number of thioether (sulfide) groups is 1. The Labute approximate surface area is 119 Å². The summed E-state index contributed by atoms with van der Waals surface area (Å²) in [7, 11) is 1.79. The monoisotopic (exact) mass is 282 g/mol. The van der Waals surface area contributed by atoms with Crippen LogP contribution in [0.25, 0.3) is 0 Å². The molecule has 0 aromatic heterocycles. The highest BCUT2D eigenvalue weighted by molar-refractivity contribution is 7.99. The lowest BCUT2D eigenvalue weighted by atomic mass is 10.2. The number of hydrogen-bond acceptors (Lipinski definition) is 3. The third-order valence-corrected chi connectivity index (χ3v) is 4.13. The molecule has 0 saturated carbocycles. The Morgan fingerprint density at radius 1 is 1.37 bits per heavy atom. The highest BCUT2D eigenvalue weighted by atomic mass is 32.2. The van der Waals surface area contributed by atoms with E-state index in [-0.39, 0.29) is 23.9 Å². The van der Waals surface area contributed by atoms with Crippen LogP contribution in [0.2, 0.25) is 0 Å². The molecule has 1 rings (SSSR count). The SMILES string of the molecule is C/C=C/C=C/C(=O)N1CSCC1C(=O)N(C)C(C)C. The van der Waals surface area contributed by atoms with E-state index in [2.05, 4.69) is 0 Å². The largest absolute Gasteiger partial charge is 0.342 e. The third kappa shape index (κ3) is 4.13. The lowest BCUT2D eigenvalue weighted by Crippen LogP contribution is -2.49. The van der Waals surface area contributed by atoms with Gasteiger partial charge in [-0.05, 0) is 20.8 Å². The van der Waals surface area contributed by atoms with E-state index >= 15 is 0 Å². The molecule has 4 nitrogen and oxygen atoms in total. The molecule has 1 aliphatic rings. The molecule has 1 heterocycles. The van der Waals surface area contributed by atoms with E-state index in [9.17, 15) is 9.59 Å². The van der Waals surface area contributed by atoms with Gasteiger partial charge >= 0.3 is 0 Å². The van der Waals surface area contributed by atoms with E-state index in [0.29, 0.717) is 11.6 Å². The van der Waals surface area contributed by atoms with Crippen LogP contribution in [0.5, 0.6) is 0 Å². The number of carbonyl (C=O) groups excluding carboxylic acids is 2. The lowest BCUT2D eigenvalue weighted by molar-refractivity contribution is -0.141. The maximum Gasteiger partial charge on any atom is 0.247 e. The van der Waals surface area contributed by atoms with Gasteiger partial charge in [-0.2, -0.15) is 0 Å². The normalized spacial score (nSPS) is 19.8. The third-order valence-electron chi connectivity index (χ3n) is 3.12. The summed E-state index contributed by atoms with van der Waals surface area (Å²) < 4.78 is 0. The number of rotatable bonds is 4. The quantitative estimate of drug-likeness (QED) is 0.584. The van der Waals surface area contributed by atoms with Gasteiger partial charge in [-0.15, -0.1) is 11.8 Å². The summed E-state index contributed by atoms with van der Waals surface area (Å²) in [5.74, 6) is 1.19. The summed E-state index contributed by atoms with van der Waals surface area (Å²) >= 11 is 1.62. The molecule has 0 aromatic rings. The zero-order valence-corrected chi connectivity index (χ0v) is 12.8. The molecule has 1 fully saturated rings. The molecule has 0 aromatic carbocycles. The fraction of sp³-hybridized carbons (Fsp3) is 0.571. The van der Waals surface area contributed by atoms with Crippen LogP contribution in [0.1, 0.15) is 20.8 Å². The molecule has 0 spiro atoms. The minimum Gasteiger partial charge on any atom is -0.342 e. The second-order valence-corrected chi connectivity index (χ2v) is 5.75. The van der Waals surface area contributed by atoms with E-state index in [1.807, 2.05) is 26.8 Å². The first kappa shape index (κ1) is 15.8. The standard InChI is InChI=1S/C14H22N2O2S/c1-5-6-7-8-13(17)16-10-19-9-12(16)14(18)15(4)11(2)3/h5-8,11-12H,9-10H2,1-4H3/b6-5+,8-7+. The predicted molar refractivity (Wildman–Crippen MR) is 79.8 cm³/mol. The van der Waals surface area contributed by atoms with Crippen molar-refractivity contribution in [1.29, 1.82) is 0 Å². The summed E-state index contributed by atoms with van der Waals surface area (Å²) in [5, 5.41) is 0. The molecule has 0 bridgehead atoms. The first-order valence-electron chi connectivity index (χ1n) is 6.43. The molecule has 0 N–H and O–H groups in total. The Morgan fingerprint density at radius 2 is 2.05 bits per heavy atom. The Hall–Kier alpha value is -1.23. The van der Waals surface area contributed by atoms with Gasteiger partial charge < -0.3 is 9.80 Å². The maximum absolute atomic E-state index is 12.3. The van der Waals surface area contributed by atoms with Gasteiger partial charge in [0.15, 0.2) is 0 Å². The topological polar surface area (TPSA) is 40.6 Å². The minimum atomic E-state index is -0.333. The van der Waals surface area contributed by atoms with E-state index in [4.69, 9.17) is 0 Å². The zero-order chi connectivity index (χ0) is 14.4. The van der Waals surface area contributed by atoms with Crippen LogP contribution < -0.4 is 0 Å². The van der Waals surface area contributed by atoms with E-state index in [1.54, 1.807) is 40.8 Å². The van der Waals surface area contributed by atoms with Crippen molar-refractivity contribution in [3.63, 3.8) is 0 Å². The Kier molecular flexibility index (Phi) is 6.15. The van der Waals surface area contributed by atoms with Crippen LogP contribution in [-0.2, 0) is 9.59 Å². The van der Waals surface area contributed by atoms with Crippen molar-refractivity contribution in [2.24, 2.45) is 0 Å². The average molecular weight is 282 g/mol. The van der Waals surface area contributed by atoms with Crippen molar-refractivity contribution in [1.82, 2.24) is 9.80 Å². The Morgan fingerprint density at radius 3 is 2.63 bits per heavy atom. The number of carbonyl (C=O) groups is 2. The fourth-order valence-electron chi connectivity index (χ4n) is 1.70. The Balaban J connectivity index is 2.73. The summed E-state index contributed by atoms with van der Waals surface area (Å²) in [5.41, 5.74) is 0. The van der Waals surface area contributed by atoms with Crippen LogP contribution in [0.15, 0.2) is 24.3 Å². The number of likely N-dealkylation sites (N-methyl/N-ethyl adjacent to an activating group) is 1. The predicted octanol–water partition coefficient (Wildman–Crippen LogP) is 1.89. The van der Waals surface area contributed by atoms with Crippen LogP contribution in [-0.4, -0.2) is 52.4 Å². The first-order valence-corrected chi connectivity index (χ1v) is 7.59. The van der Waals surface area contributed by atoms with Crippen molar-refractivity contribution in [2.75, 3.05) is 18.7 Å². The number of nitrogens with zero attached hydrogens (tertiary/aromatic N) is 2. The molecule has 2 amide bonds. The van der Waals surface area contributed by atoms with Crippen molar-refractivity contribution in [2.45, 2.75) is 32.9 Å². The zero-order valence-electron chi connectivity index (χ0n) is 12.0. The minimum absolute atomic E-state index is 0.0211. The second-order valence-electron chi connectivity index (χ2n) is 4.75. The van der Waals surface area contributed by atoms with Crippen LogP contribution in [0.4, 0.5) is 0 Å². The molecule has 1 saturated heterocycles. The van der Waals surface area contributed by atoms with Gasteiger partial charge in [-0.25, -0.2) is 0 Å². The summed E-state index contributed by atoms with van der Waals surface area (Å²) in [4.78, 5) is 27.7. The van der Waals surface area contributed by atoms with Crippen LogP contribution in [0.3, 0.4) is 0 Å². The molecule has 0 radical (unpaired) electrons. The average Bonchev–Trinajstić information content (AvgIpc) is 2.86. The molecule has 0 aliphatic carbocycles. The fourth-order valence-corrected chi connectivity index (χ4v) is 2.85. The van der Waals surface area contributed by atoms with E-state index in [0.717, 1.165) is 0 Å². The van der Waals surface area contributed by atoms with Crippen molar-refractivity contribution in [3.8, 4) is 0 Å². The summed E-state index contributed by atoms with van der Waals surface area (Å²) in [6.07, 6.45) is 6.89. The molecule has 1 atom stereocenters. The molecule has 106 valence electrons. The smallest absolute Gasteiger partial charge is 0.247 e. The molecule has 1 unspecified atom stereocenters. The van der Waals surface area contributed by atoms with Crippen LogP contribution >= 0.6 is 11.8 Å². The van der Waals surface area contributed by atoms with Gasteiger partial charge in [0, 0.05) is 24.9 Å². The maximum atomic E-state index is 12.3. The molecule has 1 aliphatic heterocycles. The summed E-state index contributed by atoms with van der Waals surface area (Å²) in [6.45, 7) is 5.83. The van der Waals surface area contributed by atoms with Crippen LogP contribution in [0, 0.1) is 0 Å². The Bertz CT molecular complexity index is 391. The molecular weight excluding hydrogens is 260 g/mol. The van der Waals surface area contributed by atoms with Crippen molar-refractivity contribution >= 4 is 23.6 Å². The van der Waals surface area contributed by atoms with E-state index in [1.165, 1.54) is 6.08 Å². The number of hydrogen-bond donors (Lipinski definition) is 0. The number of allylic oxidation sites excluding steroid dienone is 3. The van der Waals surface area contributed by atoms with Gasteiger partial charge in [0.05, 0.1) is 5.88 Å². The summed E-state index contributed by atoms with van der Waals surface area (Å²) in [6, 6.07) is -0.186. The first-order chi connectivity index (χ1) is 8.99. The highest BCUT2D eigenvalue weighted by Gasteiger charge is 2.35. The molecule has 19 heavy (non-hydrogen) atoms. The van der Waals surface area contributed by atoms with Gasteiger partial charge in [0.1, 0.15) is 6.04 Å². The highest BCUT2D eigenvalue weighted by Crippen LogP contribution is 2.23. The lowest BCUT2D eigenvalue weighted by Gasteiger charge is -2.29. The second kappa shape index (κ2) is 7.38. The van der Waals surface area contributed by atoms with Gasteiger partial charge in [-0.3, -0.25) is 9.59 Å². The number of amides is 2. The van der Waals surface area contributed by atoms with Gasteiger partial charge in [-0.1, -0.05) is 18.2 Å². The van der Waals surface area contributed by atoms with Crippen molar-refractivity contribution < 1.29 is 9.59 Å². The van der Waals surface area contributed by atoms with Gasteiger partial charge in [0.2, 0.25) is 11.8 Å². The molecule has 5 heteroatoms. The molecular formula is C14H22N2O2S. The van der Waals surface area contributed by atoms with Gasteiger partial charge in [0.25, 0.3) is 0 Å². The van der Waals surface area contributed by atoms with E-state index < -0.39 is 0 Å². The van der Waals surface area contributed by atoms with Crippen molar-refractivity contribution in [3.05, 3.63) is 24.3 Å².